The fourth-order valence-electron chi connectivity index (χ4n) is 2.90. The van der Waals surface area contributed by atoms with E-state index in [9.17, 15) is 24.5 Å². The van der Waals surface area contributed by atoms with Crippen molar-refractivity contribution in [2.75, 3.05) is 30.1 Å². The van der Waals surface area contributed by atoms with Gasteiger partial charge in [0.25, 0.3) is 17.5 Å². The zero-order valence-corrected chi connectivity index (χ0v) is 17.9. The minimum absolute atomic E-state index is 0.0937. The van der Waals surface area contributed by atoms with Crippen LogP contribution < -0.4 is 21.1 Å². The van der Waals surface area contributed by atoms with Crippen LogP contribution >= 0.6 is 0 Å². The molecule has 0 aliphatic carbocycles. The summed E-state index contributed by atoms with van der Waals surface area (Å²) in [5, 5.41) is 16.0. The Morgan fingerprint density at radius 3 is 2.35 bits per heavy atom. The van der Waals surface area contributed by atoms with Crippen molar-refractivity contribution in [3.8, 4) is 5.75 Å². The molecule has 0 aromatic heterocycles. The molecule has 11 heteroatoms. The zero-order chi connectivity index (χ0) is 24.7. The molecule has 11 nitrogen and oxygen atoms in total. The number of carbonyl (C=O) groups excluding carboxylic acids is 3. The lowest BCUT2D eigenvalue weighted by molar-refractivity contribution is -0.384. The summed E-state index contributed by atoms with van der Waals surface area (Å²) in [4.78, 5) is 46.8. The van der Waals surface area contributed by atoms with Gasteiger partial charge in [-0.1, -0.05) is 12.1 Å². The molecule has 0 atom stereocenters. The predicted molar refractivity (Wildman–Crippen MR) is 124 cm³/mol. The van der Waals surface area contributed by atoms with Crippen molar-refractivity contribution in [2.24, 2.45) is 0 Å². The van der Waals surface area contributed by atoms with E-state index >= 15 is 0 Å². The quantitative estimate of drug-likeness (QED) is 0.198. The number of hydrogen-bond acceptors (Lipinski definition) is 8. The Hall–Kier alpha value is -4.93. The van der Waals surface area contributed by atoms with Crippen LogP contribution in [0.3, 0.4) is 0 Å². The van der Waals surface area contributed by atoms with Crippen molar-refractivity contribution in [3.63, 3.8) is 0 Å². The van der Waals surface area contributed by atoms with Crippen LogP contribution in [0, 0.1) is 10.1 Å². The van der Waals surface area contributed by atoms with E-state index in [0.29, 0.717) is 22.7 Å². The van der Waals surface area contributed by atoms with Crippen molar-refractivity contribution in [2.45, 2.75) is 0 Å². The summed E-state index contributed by atoms with van der Waals surface area (Å²) in [6.45, 7) is -0.606. The number of amides is 2. The second kappa shape index (κ2) is 10.6. The highest BCUT2D eigenvalue weighted by Gasteiger charge is 2.17. The van der Waals surface area contributed by atoms with Crippen molar-refractivity contribution in [3.05, 3.63) is 88.0 Å². The summed E-state index contributed by atoms with van der Waals surface area (Å²) >= 11 is 0. The van der Waals surface area contributed by atoms with Crippen LogP contribution in [0.1, 0.15) is 20.7 Å². The third kappa shape index (κ3) is 5.85. The molecular weight excluding hydrogens is 444 g/mol. The van der Waals surface area contributed by atoms with Crippen LogP contribution in [-0.2, 0) is 9.53 Å². The van der Waals surface area contributed by atoms with Crippen molar-refractivity contribution in [1.82, 2.24) is 0 Å². The molecule has 0 aliphatic rings. The van der Waals surface area contributed by atoms with Crippen LogP contribution in [-0.4, -0.2) is 36.4 Å². The predicted octanol–water partition coefficient (Wildman–Crippen LogP) is 3.23. The highest BCUT2D eigenvalue weighted by Crippen LogP contribution is 2.24. The molecule has 3 aromatic carbocycles. The molecule has 2 amide bonds. The lowest BCUT2D eigenvalue weighted by Crippen LogP contribution is -2.21. The number of nitro groups is 1. The third-order valence-electron chi connectivity index (χ3n) is 4.59. The van der Waals surface area contributed by atoms with E-state index in [2.05, 4.69) is 10.6 Å². The standard InChI is InChI=1S/C23H20N4O7/c1-33-20-5-3-2-4-19(20)26-22(29)14-6-8-15(9-7-14)25-21(28)13-34-23(30)17-11-10-16(27(31)32)12-18(17)24/h2-12H,13,24H2,1H3,(H,25,28)(H,26,29). The second-order valence-electron chi connectivity index (χ2n) is 6.88. The van der Waals surface area contributed by atoms with Gasteiger partial charge in [0, 0.05) is 23.4 Å². The molecule has 174 valence electrons. The maximum atomic E-state index is 12.5. The monoisotopic (exact) mass is 464 g/mol. The van der Waals surface area contributed by atoms with Crippen LogP contribution in [0.25, 0.3) is 0 Å². The number of nitrogens with zero attached hydrogens (tertiary/aromatic N) is 1. The number of para-hydroxylation sites is 2. The van der Waals surface area contributed by atoms with Crippen molar-refractivity contribution < 1.29 is 28.8 Å². The molecule has 0 radical (unpaired) electrons. The number of ether oxygens (including phenoxy) is 2. The molecule has 0 fully saturated rings. The number of methoxy groups -OCH3 is 1. The highest BCUT2D eigenvalue weighted by atomic mass is 16.6. The van der Waals surface area contributed by atoms with Gasteiger partial charge in [-0.15, -0.1) is 0 Å². The molecule has 34 heavy (non-hydrogen) atoms. The second-order valence-corrected chi connectivity index (χ2v) is 6.88. The van der Waals surface area contributed by atoms with E-state index in [4.69, 9.17) is 15.2 Å². The summed E-state index contributed by atoms with van der Waals surface area (Å²) in [5.41, 5.74) is 6.39. The lowest BCUT2D eigenvalue weighted by atomic mass is 10.1. The first kappa shape index (κ1) is 23.7. The normalized spacial score (nSPS) is 10.1. The highest BCUT2D eigenvalue weighted by molar-refractivity contribution is 6.05. The molecule has 3 aromatic rings. The zero-order valence-electron chi connectivity index (χ0n) is 17.9. The molecule has 0 aliphatic heterocycles. The van der Waals surface area contributed by atoms with Gasteiger partial charge in [0.2, 0.25) is 0 Å². The Morgan fingerprint density at radius 1 is 1.00 bits per heavy atom. The number of benzene rings is 3. The molecule has 0 spiro atoms. The average Bonchev–Trinajstić information content (AvgIpc) is 2.83. The van der Waals surface area contributed by atoms with Gasteiger partial charge in [0.05, 0.1) is 29.0 Å². The van der Waals surface area contributed by atoms with Gasteiger partial charge in [0.15, 0.2) is 6.61 Å². The fraction of sp³-hybridized carbons (Fsp3) is 0.0870. The van der Waals surface area contributed by atoms with Crippen LogP contribution in [0.4, 0.5) is 22.7 Å². The molecule has 4 N–H and O–H groups in total. The largest absolute Gasteiger partial charge is 0.495 e. The third-order valence-corrected chi connectivity index (χ3v) is 4.59. The SMILES string of the molecule is COc1ccccc1NC(=O)c1ccc(NC(=O)COC(=O)c2ccc([N+](=O)[O-])cc2N)cc1. The number of esters is 1. The van der Waals surface area contributed by atoms with Gasteiger partial charge in [-0.05, 0) is 42.5 Å². The number of nitrogens with one attached hydrogen (secondary N) is 2. The van der Waals surface area contributed by atoms with E-state index in [-0.39, 0.29) is 22.8 Å². The van der Waals surface area contributed by atoms with E-state index in [1.807, 2.05) is 0 Å². The summed E-state index contributed by atoms with van der Waals surface area (Å²) in [6.07, 6.45) is 0. The number of carbonyl (C=O) groups is 3. The Balaban J connectivity index is 1.54. The summed E-state index contributed by atoms with van der Waals surface area (Å²) in [5.74, 6) is -1.37. The van der Waals surface area contributed by atoms with E-state index in [1.54, 1.807) is 24.3 Å². The van der Waals surface area contributed by atoms with Gasteiger partial charge >= 0.3 is 5.97 Å². The molecule has 0 saturated carbocycles. The van der Waals surface area contributed by atoms with Gasteiger partial charge in [-0.2, -0.15) is 0 Å². The van der Waals surface area contributed by atoms with Gasteiger partial charge in [-0.25, -0.2) is 4.79 Å². The first-order valence-corrected chi connectivity index (χ1v) is 9.84. The molecule has 0 heterocycles. The smallest absolute Gasteiger partial charge is 0.340 e. The summed E-state index contributed by atoms with van der Waals surface area (Å²) < 4.78 is 10.1. The number of non-ortho nitro benzene ring substituents is 1. The lowest BCUT2D eigenvalue weighted by Gasteiger charge is -2.10. The fourth-order valence-corrected chi connectivity index (χ4v) is 2.90. The number of anilines is 3. The number of rotatable bonds is 8. The molecule has 0 bridgehead atoms. The van der Waals surface area contributed by atoms with Crippen molar-refractivity contribution >= 4 is 40.5 Å². The first-order chi connectivity index (χ1) is 16.3. The maximum absolute atomic E-state index is 12.5. The van der Waals surface area contributed by atoms with E-state index in [1.165, 1.54) is 31.4 Å². The maximum Gasteiger partial charge on any atom is 0.340 e. The first-order valence-electron chi connectivity index (χ1n) is 9.84. The minimum atomic E-state index is -0.897. The molecule has 0 unspecified atom stereocenters. The van der Waals surface area contributed by atoms with E-state index in [0.717, 1.165) is 18.2 Å². The van der Waals surface area contributed by atoms with Gasteiger partial charge in [0.1, 0.15) is 5.75 Å². The van der Waals surface area contributed by atoms with Gasteiger partial charge < -0.3 is 25.8 Å². The topological polar surface area (TPSA) is 163 Å². The number of nitrogens with two attached hydrogens (primary N) is 1. The number of nitro benzene ring substituents is 1. The Bertz CT molecular complexity index is 1240. The minimum Gasteiger partial charge on any atom is -0.495 e. The Kier molecular flexibility index (Phi) is 7.39. The van der Waals surface area contributed by atoms with Crippen LogP contribution in [0.15, 0.2) is 66.7 Å². The van der Waals surface area contributed by atoms with Crippen molar-refractivity contribution in [1.29, 1.82) is 0 Å². The molecular formula is C23H20N4O7. The van der Waals surface area contributed by atoms with Gasteiger partial charge in [-0.3, -0.25) is 19.7 Å². The number of hydrogen-bond donors (Lipinski definition) is 3. The number of nitrogen functional groups attached to an aromatic ring is 1. The summed E-state index contributed by atoms with van der Waals surface area (Å²) in [7, 11) is 1.50. The Labute approximate surface area is 193 Å². The molecule has 3 rings (SSSR count). The Morgan fingerprint density at radius 2 is 1.71 bits per heavy atom. The van der Waals surface area contributed by atoms with Crippen LogP contribution in [0.5, 0.6) is 5.75 Å². The van der Waals surface area contributed by atoms with E-state index < -0.39 is 23.4 Å². The average molecular weight is 464 g/mol. The van der Waals surface area contributed by atoms with Crippen LogP contribution in [0.2, 0.25) is 0 Å². The molecule has 0 saturated heterocycles. The summed E-state index contributed by atoms with van der Waals surface area (Å²) in [6, 6.07) is 16.3.